The minimum absolute atomic E-state index is 0.0420. The van der Waals surface area contributed by atoms with Gasteiger partial charge in [0.2, 0.25) is 0 Å². The van der Waals surface area contributed by atoms with Crippen molar-refractivity contribution in [3.63, 3.8) is 0 Å². The van der Waals surface area contributed by atoms with Gasteiger partial charge in [-0.05, 0) is 38.4 Å². The Morgan fingerprint density at radius 1 is 1.46 bits per heavy atom. The van der Waals surface area contributed by atoms with E-state index in [9.17, 15) is 9.90 Å². The van der Waals surface area contributed by atoms with E-state index in [1.165, 1.54) is 0 Å². The Morgan fingerprint density at radius 2 is 2.25 bits per heavy atom. The molecule has 4 aliphatic rings. The molecule has 4 atom stereocenters. The molecule has 6 nitrogen and oxygen atoms in total. The smallest absolute Gasteiger partial charge is 0.174 e. The normalized spacial score (nSPS) is 39.4. The number of nitrogen functional groups attached to an aromatic ring is 1. The number of nitrogens with two attached hydrogens (primary N) is 1. The maximum Gasteiger partial charge on any atom is 0.174 e. The SMILES string of the molecule is COc1cc(N)c2c3c1O[C@H]1C(=O)CC[C@@]4(O)C(C2)N(C)CC[C@]314. The fraction of sp³-hybridized carbons (Fsp3) is 0.611. The molecule has 2 bridgehead atoms. The second-order valence-electron chi connectivity index (χ2n) is 7.66. The molecule has 2 heterocycles. The molecule has 1 aromatic rings. The molecule has 128 valence electrons. The molecule has 1 unspecified atom stereocenters. The number of piperidine rings is 1. The monoisotopic (exact) mass is 330 g/mol. The lowest BCUT2D eigenvalue weighted by atomic mass is 9.49. The molecule has 3 N–H and O–H groups in total. The van der Waals surface area contributed by atoms with Crippen molar-refractivity contribution in [2.24, 2.45) is 0 Å². The van der Waals surface area contributed by atoms with E-state index in [-0.39, 0.29) is 11.8 Å². The molecule has 24 heavy (non-hydrogen) atoms. The van der Waals surface area contributed by atoms with Gasteiger partial charge in [0.1, 0.15) is 0 Å². The summed E-state index contributed by atoms with van der Waals surface area (Å²) in [5.41, 5.74) is 7.29. The quantitative estimate of drug-likeness (QED) is 0.735. The van der Waals surface area contributed by atoms with Gasteiger partial charge in [-0.25, -0.2) is 0 Å². The Morgan fingerprint density at radius 3 is 3.00 bits per heavy atom. The Labute approximate surface area is 140 Å². The van der Waals surface area contributed by atoms with Crippen LogP contribution in [0.2, 0.25) is 0 Å². The van der Waals surface area contributed by atoms with E-state index in [1.807, 2.05) is 7.05 Å². The van der Waals surface area contributed by atoms with Gasteiger partial charge >= 0.3 is 0 Å². The van der Waals surface area contributed by atoms with E-state index < -0.39 is 17.1 Å². The average molecular weight is 330 g/mol. The minimum Gasteiger partial charge on any atom is -0.493 e. The number of benzene rings is 1. The minimum atomic E-state index is -0.963. The number of likely N-dealkylation sites (tertiary alicyclic amines) is 1. The van der Waals surface area contributed by atoms with Crippen LogP contribution < -0.4 is 15.2 Å². The number of anilines is 1. The van der Waals surface area contributed by atoms with Gasteiger partial charge in [0.05, 0.1) is 18.1 Å². The third-order valence-corrected chi connectivity index (χ3v) is 6.89. The molecule has 1 saturated heterocycles. The van der Waals surface area contributed by atoms with Crippen molar-refractivity contribution >= 4 is 11.5 Å². The van der Waals surface area contributed by atoms with Gasteiger partial charge in [-0.3, -0.25) is 4.79 Å². The highest BCUT2D eigenvalue weighted by Gasteiger charge is 2.73. The summed E-state index contributed by atoms with van der Waals surface area (Å²) in [6.45, 7) is 0.829. The number of Topliss-reactive ketones (excluding diaryl/α,β-unsaturated/α-hetero) is 1. The summed E-state index contributed by atoms with van der Waals surface area (Å²) in [6, 6.07) is 1.74. The first-order valence-electron chi connectivity index (χ1n) is 8.56. The number of hydrogen-bond donors (Lipinski definition) is 2. The van der Waals surface area contributed by atoms with Gasteiger partial charge in [-0.2, -0.15) is 0 Å². The van der Waals surface area contributed by atoms with E-state index in [4.69, 9.17) is 15.2 Å². The van der Waals surface area contributed by atoms with Crippen LogP contribution >= 0.6 is 0 Å². The molecule has 1 spiro atoms. The topological polar surface area (TPSA) is 85.0 Å². The lowest BCUT2D eigenvalue weighted by molar-refractivity contribution is -0.185. The highest BCUT2D eigenvalue weighted by Crippen LogP contribution is 2.65. The second kappa shape index (κ2) is 4.24. The molecule has 2 fully saturated rings. The first kappa shape index (κ1) is 14.5. The first-order chi connectivity index (χ1) is 11.4. The van der Waals surface area contributed by atoms with Gasteiger partial charge in [-0.1, -0.05) is 0 Å². The van der Waals surface area contributed by atoms with Crippen LogP contribution in [0, 0.1) is 0 Å². The lowest BCUT2D eigenvalue weighted by Crippen LogP contribution is -2.76. The molecule has 1 saturated carbocycles. The molecular formula is C18H22N2O4. The predicted octanol–water partition coefficient (Wildman–Crippen LogP) is 0.630. The number of rotatable bonds is 1. The summed E-state index contributed by atoms with van der Waals surface area (Å²) in [5.74, 6) is 1.25. The molecule has 5 rings (SSSR count). The van der Waals surface area contributed by atoms with Crippen LogP contribution in [0.4, 0.5) is 5.69 Å². The van der Waals surface area contributed by atoms with Crippen molar-refractivity contribution in [2.75, 3.05) is 26.4 Å². The number of nitrogens with zero attached hydrogens (tertiary/aromatic N) is 1. The molecule has 0 amide bonds. The molecule has 1 aromatic carbocycles. The van der Waals surface area contributed by atoms with Crippen LogP contribution in [-0.2, 0) is 16.6 Å². The van der Waals surface area contributed by atoms with Crippen molar-refractivity contribution in [2.45, 2.75) is 48.8 Å². The van der Waals surface area contributed by atoms with Crippen LogP contribution in [0.15, 0.2) is 6.07 Å². The zero-order valence-electron chi connectivity index (χ0n) is 14.0. The Kier molecular flexibility index (Phi) is 2.57. The number of carbonyl (C=O) groups is 1. The largest absolute Gasteiger partial charge is 0.493 e. The van der Waals surface area contributed by atoms with E-state index in [1.54, 1.807) is 13.2 Å². The summed E-state index contributed by atoms with van der Waals surface area (Å²) < 4.78 is 11.6. The maximum atomic E-state index is 12.7. The summed E-state index contributed by atoms with van der Waals surface area (Å²) in [4.78, 5) is 14.9. The summed E-state index contributed by atoms with van der Waals surface area (Å²) in [5, 5.41) is 11.8. The first-order valence-corrected chi connectivity index (χ1v) is 8.56. The molecular weight excluding hydrogens is 308 g/mol. The summed E-state index contributed by atoms with van der Waals surface area (Å²) in [7, 11) is 3.62. The molecule has 2 aliphatic heterocycles. The molecule has 0 radical (unpaired) electrons. The van der Waals surface area contributed by atoms with Crippen molar-refractivity contribution in [1.29, 1.82) is 0 Å². The number of methoxy groups -OCH3 is 1. The van der Waals surface area contributed by atoms with Crippen LogP contribution in [-0.4, -0.2) is 54.2 Å². The Balaban J connectivity index is 1.88. The number of carbonyl (C=O) groups excluding carboxylic acids is 1. The van der Waals surface area contributed by atoms with E-state index >= 15 is 0 Å². The third-order valence-electron chi connectivity index (χ3n) is 6.89. The molecule has 2 aliphatic carbocycles. The zero-order chi connectivity index (χ0) is 16.9. The number of ketones is 1. The van der Waals surface area contributed by atoms with Gasteiger partial charge in [0.25, 0.3) is 0 Å². The van der Waals surface area contributed by atoms with Crippen LogP contribution in [0.1, 0.15) is 30.4 Å². The Bertz CT molecular complexity index is 779. The van der Waals surface area contributed by atoms with E-state index in [0.717, 1.165) is 17.7 Å². The highest BCUT2D eigenvalue weighted by molar-refractivity contribution is 5.90. The third kappa shape index (κ3) is 1.32. The van der Waals surface area contributed by atoms with Gasteiger partial charge in [0.15, 0.2) is 23.4 Å². The van der Waals surface area contributed by atoms with E-state index in [2.05, 4.69) is 4.90 Å². The van der Waals surface area contributed by atoms with Crippen LogP contribution in [0.3, 0.4) is 0 Å². The fourth-order valence-corrected chi connectivity index (χ4v) is 5.79. The van der Waals surface area contributed by atoms with Crippen molar-refractivity contribution in [1.82, 2.24) is 4.90 Å². The van der Waals surface area contributed by atoms with Gasteiger partial charge < -0.3 is 25.2 Å². The molecule has 0 aromatic heterocycles. The predicted molar refractivity (Wildman–Crippen MR) is 87.4 cm³/mol. The number of aliphatic hydroxyl groups is 1. The van der Waals surface area contributed by atoms with Crippen LogP contribution in [0.5, 0.6) is 11.5 Å². The number of hydrogen-bond acceptors (Lipinski definition) is 6. The summed E-state index contributed by atoms with van der Waals surface area (Å²) >= 11 is 0. The highest BCUT2D eigenvalue weighted by atomic mass is 16.5. The van der Waals surface area contributed by atoms with Crippen molar-refractivity contribution in [3.05, 3.63) is 17.2 Å². The Hall–Kier alpha value is -1.79. The number of ether oxygens (including phenoxy) is 2. The average Bonchev–Trinajstić information content (AvgIpc) is 2.90. The van der Waals surface area contributed by atoms with Gasteiger partial charge in [0, 0.05) is 29.8 Å². The fourth-order valence-electron chi connectivity index (χ4n) is 5.79. The van der Waals surface area contributed by atoms with E-state index in [0.29, 0.717) is 42.9 Å². The zero-order valence-corrected chi connectivity index (χ0v) is 14.0. The lowest BCUT2D eigenvalue weighted by Gasteiger charge is -2.62. The van der Waals surface area contributed by atoms with Crippen molar-refractivity contribution < 1.29 is 19.4 Å². The summed E-state index contributed by atoms with van der Waals surface area (Å²) in [6.07, 6.45) is 1.58. The van der Waals surface area contributed by atoms with Crippen molar-refractivity contribution in [3.8, 4) is 11.5 Å². The number of likely N-dealkylation sites (N-methyl/N-ethyl adjacent to an activating group) is 1. The standard InChI is InChI=1S/C18H22N2O4/c1-20-6-5-17-14-9-7-13(20)18(17,22)4-3-11(21)16(17)24-15(14)12(23-2)8-10(9)19/h8,13,16,22H,3-7,19H2,1-2H3/t13?,16-,17-,18+/m0/s1. The maximum absolute atomic E-state index is 12.7. The van der Waals surface area contributed by atoms with Gasteiger partial charge in [-0.15, -0.1) is 0 Å². The molecule has 6 heteroatoms. The van der Waals surface area contributed by atoms with Crippen LogP contribution in [0.25, 0.3) is 0 Å². The second-order valence-corrected chi connectivity index (χ2v) is 7.66.